The number of benzene rings is 1. The number of nitrogens with zero attached hydrogens (tertiary/aromatic N) is 1. The zero-order valence-electron chi connectivity index (χ0n) is 14.3. The van der Waals surface area contributed by atoms with E-state index in [-0.39, 0.29) is 35.5 Å². The number of ether oxygens (including phenoxy) is 1. The van der Waals surface area contributed by atoms with E-state index in [1.54, 1.807) is 24.3 Å². The van der Waals surface area contributed by atoms with Crippen molar-refractivity contribution < 1.29 is 23.9 Å². The predicted molar refractivity (Wildman–Crippen MR) is 98.2 cm³/mol. The van der Waals surface area contributed by atoms with Crippen LogP contribution in [0.25, 0.3) is 0 Å². The fourth-order valence-electron chi connectivity index (χ4n) is 4.17. The number of carbonyl (C=O) groups excluding carboxylic acids is 4. The zero-order valence-corrected chi connectivity index (χ0v) is 15.8. The summed E-state index contributed by atoms with van der Waals surface area (Å²) >= 11 is 3.30. The summed E-state index contributed by atoms with van der Waals surface area (Å²) in [6.07, 6.45) is 4.82. The average molecular weight is 433 g/mol. The maximum absolute atomic E-state index is 12.5. The molecule has 27 heavy (non-hydrogen) atoms. The van der Waals surface area contributed by atoms with Gasteiger partial charge in [0.25, 0.3) is 5.91 Å². The Morgan fingerprint density at radius 3 is 2.26 bits per heavy atom. The SMILES string of the molecule is O=C(COC(=O)CN1C(=O)[C@H]2[C@H](C1=O)[C@H]1C=C[C@H]2C1)Nc1ccc(Br)cc1. The highest BCUT2D eigenvalue weighted by Gasteiger charge is 2.59. The quantitative estimate of drug-likeness (QED) is 0.434. The summed E-state index contributed by atoms with van der Waals surface area (Å²) in [5.74, 6) is -2.40. The molecule has 8 heteroatoms. The molecule has 0 radical (unpaired) electrons. The minimum absolute atomic E-state index is 0.0918. The lowest BCUT2D eigenvalue weighted by Gasteiger charge is -2.16. The topological polar surface area (TPSA) is 92.8 Å². The van der Waals surface area contributed by atoms with Crippen molar-refractivity contribution >= 4 is 45.3 Å². The molecule has 0 spiro atoms. The third-order valence-electron chi connectivity index (χ3n) is 5.34. The molecule has 4 atom stereocenters. The second-order valence-electron chi connectivity index (χ2n) is 6.98. The Morgan fingerprint density at radius 1 is 1.07 bits per heavy atom. The Bertz CT molecular complexity index is 820. The van der Waals surface area contributed by atoms with Crippen LogP contribution in [0, 0.1) is 23.7 Å². The number of amides is 3. The van der Waals surface area contributed by atoms with Crippen molar-refractivity contribution in [3.8, 4) is 0 Å². The van der Waals surface area contributed by atoms with Crippen LogP contribution in [0.1, 0.15) is 6.42 Å². The molecule has 7 nitrogen and oxygen atoms in total. The molecular formula is C19H17BrN2O5. The summed E-state index contributed by atoms with van der Waals surface area (Å²) in [6, 6.07) is 6.94. The van der Waals surface area contributed by atoms with Gasteiger partial charge in [-0.2, -0.15) is 0 Å². The number of hydrogen-bond donors (Lipinski definition) is 1. The molecule has 4 rings (SSSR count). The van der Waals surface area contributed by atoms with Crippen molar-refractivity contribution in [1.82, 2.24) is 4.90 Å². The first-order valence-electron chi connectivity index (χ1n) is 8.68. The lowest BCUT2D eigenvalue weighted by atomic mass is 9.85. The first kappa shape index (κ1) is 17.9. The largest absolute Gasteiger partial charge is 0.454 e. The Morgan fingerprint density at radius 2 is 1.67 bits per heavy atom. The van der Waals surface area contributed by atoms with Crippen LogP contribution in [0.3, 0.4) is 0 Å². The first-order valence-corrected chi connectivity index (χ1v) is 9.48. The summed E-state index contributed by atoms with van der Waals surface area (Å²) in [5.41, 5.74) is 0.569. The van der Waals surface area contributed by atoms with Gasteiger partial charge in [-0.15, -0.1) is 0 Å². The summed E-state index contributed by atoms with van der Waals surface area (Å²) in [6.45, 7) is -0.930. The molecule has 2 bridgehead atoms. The maximum atomic E-state index is 12.5. The van der Waals surface area contributed by atoms with E-state index in [2.05, 4.69) is 21.2 Å². The average Bonchev–Trinajstić information content (AvgIpc) is 3.32. The molecule has 2 fully saturated rings. The van der Waals surface area contributed by atoms with Crippen LogP contribution in [0.15, 0.2) is 40.9 Å². The van der Waals surface area contributed by atoms with Crippen molar-refractivity contribution in [3.63, 3.8) is 0 Å². The molecule has 1 N–H and O–H groups in total. The number of carbonyl (C=O) groups is 4. The van der Waals surface area contributed by atoms with Gasteiger partial charge in [0.1, 0.15) is 6.54 Å². The normalized spacial score (nSPS) is 27.8. The number of allylic oxidation sites excluding steroid dienone is 2. The maximum Gasteiger partial charge on any atom is 0.326 e. The van der Waals surface area contributed by atoms with Gasteiger partial charge in [-0.05, 0) is 42.5 Å². The standard InChI is InChI=1S/C19H17BrN2O5/c20-12-3-5-13(6-4-12)21-14(23)9-27-15(24)8-22-18(25)16-10-1-2-11(7-10)17(16)19(22)26/h1-6,10-11,16-17H,7-9H2,(H,21,23)/t10-,11-,16+,17+/m0/s1. The lowest BCUT2D eigenvalue weighted by molar-refractivity contribution is -0.154. The molecule has 0 aromatic heterocycles. The Labute approximate surface area is 163 Å². The van der Waals surface area contributed by atoms with Gasteiger partial charge in [-0.1, -0.05) is 28.1 Å². The highest BCUT2D eigenvalue weighted by molar-refractivity contribution is 9.10. The van der Waals surface area contributed by atoms with E-state index < -0.39 is 25.0 Å². The number of rotatable bonds is 5. The van der Waals surface area contributed by atoms with E-state index >= 15 is 0 Å². The number of esters is 1. The van der Waals surface area contributed by atoms with E-state index in [0.29, 0.717) is 5.69 Å². The van der Waals surface area contributed by atoms with E-state index in [1.807, 2.05) is 12.2 Å². The highest BCUT2D eigenvalue weighted by atomic mass is 79.9. The van der Waals surface area contributed by atoms with Crippen molar-refractivity contribution in [3.05, 3.63) is 40.9 Å². The third-order valence-corrected chi connectivity index (χ3v) is 5.87. The van der Waals surface area contributed by atoms with Crippen molar-refractivity contribution in [2.45, 2.75) is 6.42 Å². The number of likely N-dealkylation sites (tertiary alicyclic amines) is 1. The fourth-order valence-corrected chi connectivity index (χ4v) is 4.44. The van der Waals surface area contributed by atoms with Crippen molar-refractivity contribution in [2.75, 3.05) is 18.5 Å². The van der Waals surface area contributed by atoms with Gasteiger partial charge in [-0.25, -0.2) is 0 Å². The number of nitrogens with one attached hydrogen (secondary N) is 1. The predicted octanol–water partition coefficient (Wildman–Crippen LogP) is 1.74. The molecule has 1 aliphatic heterocycles. The summed E-state index contributed by atoms with van der Waals surface area (Å²) in [5, 5.41) is 2.60. The Balaban J connectivity index is 1.28. The van der Waals surface area contributed by atoms with Crippen LogP contribution in [0.4, 0.5) is 5.69 Å². The summed E-state index contributed by atoms with van der Waals surface area (Å²) in [7, 11) is 0. The number of anilines is 1. The Kier molecular flexibility index (Phi) is 4.59. The molecule has 2 aliphatic carbocycles. The van der Waals surface area contributed by atoms with Gasteiger partial charge in [0.15, 0.2) is 6.61 Å². The van der Waals surface area contributed by atoms with Crippen molar-refractivity contribution in [2.24, 2.45) is 23.7 Å². The minimum atomic E-state index is -0.775. The number of fused-ring (bicyclic) bond motifs is 5. The van der Waals surface area contributed by atoms with Gasteiger partial charge in [0.2, 0.25) is 11.8 Å². The summed E-state index contributed by atoms with van der Waals surface area (Å²) < 4.78 is 5.80. The molecule has 1 aromatic carbocycles. The van der Waals surface area contributed by atoms with Crippen LogP contribution >= 0.6 is 15.9 Å². The number of hydrogen-bond acceptors (Lipinski definition) is 5. The molecular weight excluding hydrogens is 416 g/mol. The fraction of sp³-hybridized carbons (Fsp3) is 0.368. The first-order chi connectivity index (χ1) is 12.9. The van der Waals surface area contributed by atoms with Crippen molar-refractivity contribution in [1.29, 1.82) is 0 Å². The molecule has 0 unspecified atom stereocenters. The smallest absolute Gasteiger partial charge is 0.326 e. The molecule has 1 aromatic rings. The lowest BCUT2D eigenvalue weighted by Crippen LogP contribution is -2.38. The summed E-state index contributed by atoms with van der Waals surface area (Å²) in [4.78, 5) is 49.9. The van der Waals surface area contributed by atoms with E-state index in [1.165, 1.54) is 0 Å². The van der Waals surface area contributed by atoms with Crippen LogP contribution < -0.4 is 5.32 Å². The van der Waals surface area contributed by atoms with Crippen LogP contribution in [0.2, 0.25) is 0 Å². The number of imide groups is 1. The van der Waals surface area contributed by atoms with Gasteiger partial charge in [-0.3, -0.25) is 24.1 Å². The van der Waals surface area contributed by atoms with Gasteiger partial charge < -0.3 is 10.1 Å². The monoisotopic (exact) mass is 432 g/mol. The highest BCUT2D eigenvalue weighted by Crippen LogP contribution is 2.52. The van der Waals surface area contributed by atoms with E-state index in [0.717, 1.165) is 15.8 Å². The third kappa shape index (κ3) is 3.29. The minimum Gasteiger partial charge on any atom is -0.454 e. The van der Waals surface area contributed by atoms with Crippen LogP contribution in [-0.4, -0.2) is 41.7 Å². The molecule has 1 heterocycles. The molecule has 3 aliphatic rings. The van der Waals surface area contributed by atoms with E-state index in [4.69, 9.17) is 4.74 Å². The van der Waals surface area contributed by atoms with Gasteiger partial charge >= 0.3 is 5.97 Å². The number of halogens is 1. The molecule has 3 amide bonds. The molecule has 1 saturated heterocycles. The van der Waals surface area contributed by atoms with Gasteiger partial charge in [0, 0.05) is 10.2 Å². The van der Waals surface area contributed by atoms with E-state index in [9.17, 15) is 19.2 Å². The van der Waals surface area contributed by atoms with Crippen LogP contribution in [-0.2, 0) is 23.9 Å². The second kappa shape index (κ2) is 6.92. The molecule has 1 saturated carbocycles. The second-order valence-corrected chi connectivity index (χ2v) is 7.89. The van der Waals surface area contributed by atoms with Crippen LogP contribution in [0.5, 0.6) is 0 Å². The Hall–Kier alpha value is -2.48. The molecule has 140 valence electrons. The van der Waals surface area contributed by atoms with Gasteiger partial charge in [0.05, 0.1) is 11.8 Å². The zero-order chi connectivity index (χ0) is 19.1.